The third kappa shape index (κ3) is 3.24. The molecule has 0 bridgehead atoms. The van der Waals surface area contributed by atoms with Gasteiger partial charge in [0.1, 0.15) is 5.75 Å². The molecule has 0 atom stereocenters. The van der Waals surface area contributed by atoms with Crippen molar-refractivity contribution in [1.29, 1.82) is 0 Å². The Balaban J connectivity index is 1.95. The lowest BCUT2D eigenvalue weighted by Crippen LogP contribution is -2.13. The van der Waals surface area contributed by atoms with Gasteiger partial charge >= 0.3 is 0 Å². The number of carbonyl (C=O) groups excluding carboxylic acids is 1. The van der Waals surface area contributed by atoms with Gasteiger partial charge in [0, 0.05) is 20.6 Å². The van der Waals surface area contributed by atoms with E-state index in [1.807, 2.05) is 6.07 Å². The average molecular weight is 413 g/mol. The molecule has 5 nitrogen and oxygen atoms in total. The van der Waals surface area contributed by atoms with E-state index in [-0.39, 0.29) is 22.4 Å². The van der Waals surface area contributed by atoms with Crippen molar-refractivity contribution in [2.75, 3.05) is 5.32 Å². The topological polar surface area (TPSA) is 74.0 Å². The largest absolute Gasteiger partial charge is 0.506 e. The van der Waals surface area contributed by atoms with Crippen molar-refractivity contribution in [3.8, 4) is 5.75 Å². The maximum Gasteiger partial charge on any atom is 0.276 e. The van der Waals surface area contributed by atoms with Crippen molar-refractivity contribution in [2.45, 2.75) is 0 Å². The summed E-state index contributed by atoms with van der Waals surface area (Å²) < 4.78 is 0.823. The van der Waals surface area contributed by atoms with Gasteiger partial charge in [0.2, 0.25) is 0 Å². The van der Waals surface area contributed by atoms with Crippen molar-refractivity contribution in [3.05, 3.63) is 56.0 Å². The molecule has 8 heteroatoms. The zero-order valence-corrected chi connectivity index (χ0v) is 14.4. The second-order valence-electron chi connectivity index (χ2n) is 4.66. The minimum absolute atomic E-state index is 0.111. The number of phenolic OH excluding ortho intramolecular Hbond substituents is 1. The Kier molecular flexibility index (Phi) is 4.39. The number of benzene rings is 2. The number of aromatic hydroxyl groups is 1. The third-order valence-electron chi connectivity index (χ3n) is 3.11. The van der Waals surface area contributed by atoms with E-state index in [0.29, 0.717) is 21.8 Å². The van der Waals surface area contributed by atoms with Gasteiger partial charge in [-0.25, -0.2) is 0 Å². The summed E-state index contributed by atoms with van der Waals surface area (Å²) in [6.45, 7) is 0. The molecule has 2 aromatic carbocycles. The maximum atomic E-state index is 11.9. The Morgan fingerprint density at radius 1 is 1.22 bits per heavy atom. The first-order valence-electron chi connectivity index (χ1n) is 6.36. The highest BCUT2D eigenvalue weighted by Gasteiger charge is 2.26. The molecule has 0 radical (unpaired) electrons. The summed E-state index contributed by atoms with van der Waals surface area (Å²) >= 11 is 15.1. The van der Waals surface area contributed by atoms with Gasteiger partial charge in [-0.05, 0) is 30.3 Å². The lowest BCUT2D eigenvalue weighted by Gasteiger charge is -2.01. The molecule has 116 valence electrons. The van der Waals surface area contributed by atoms with Gasteiger partial charge in [0.05, 0.1) is 16.9 Å². The number of hydrogen-bond donors (Lipinski definition) is 2. The minimum atomic E-state index is -0.344. The molecule has 0 saturated heterocycles. The Labute approximate surface area is 149 Å². The molecule has 1 aliphatic rings. The lowest BCUT2D eigenvalue weighted by atomic mass is 10.1. The van der Waals surface area contributed by atoms with Crippen LogP contribution in [-0.2, 0) is 4.79 Å². The molecule has 1 aliphatic heterocycles. The van der Waals surface area contributed by atoms with Crippen LogP contribution in [0, 0.1) is 0 Å². The summed E-state index contributed by atoms with van der Waals surface area (Å²) in [5.41, 5.74) is 1.81. The normalized spacial score (nSPS) is 15.3. The van der Waals surface area contributed by atoms with E-state index in [1.54, 1.807) is 12.1 Å². The van der Waals surface area contributed by atoms with Crippen LogP contribution in [0.2, 0.25) is 10.0 Å². The van der Waals surface area contributed by atoms with E-state index >= 15 is 0 Å². The van der Waals surface area contributed by atoms with Gasteiger partial charge in [0.25, 0.3) is 5.91 Å². The number of nitrogens with one attached hydrogen (secondary N) is 1. The van der Waals surface area contributed by atoms with Gasteiger partial charge in [-0.1, -0.05) is 39.1 Å². The fraction of sp³-hybridized carbons (Fsp3) is 0. The van der Waals surface area contributed by atoms with E-state index in [4.69, 9.17) is 23.2 Å². The van der Waals surface area contributed by atoms with E-state index in [9.17, 15) is 9.90 Å². The van der Waals surface area contributed by atoms with E-state index < -0.39 is 0 Å². The van der Waals surface area contributed by atoms with E-state index in [0.717, 1.165) is 4.47 Å². The molecule has 0 aromatic heterocycles. The number of fused-ring (bicyclic) bond motifs is 1. The number of halogens is 3. The molecule has 0 aliphatic carbocycles. The van der Waals surface area contributed by atoms with Crippen LogP contribution in [0.5, 0.6) is 5.75 Å². The highest BCUT2D eigenvalue weighted by Crippen LogP contribution is 2.30. The highest BCUT2D eigenvalue weighted by molar-refractivity contribution is 9.10. The van der Waals surface area contributed by atoms with Crippen LogP contribution in [0.1, 0.15) is 11.1 Å². The van der Waals surface area contributed by atoms with Crippen molar-refractivity contribution in [3.63, 3.8) is 0 Å². The summed E-state index contributed by atoms with van der Waals surface area (Å²) in [7, 11) is 0. The van der Waals surface area contributed by atoms with Gasteiger partial charge in [-0.15, -0.1) is 5.10 Å². The van der Waals surface area contributed by atoms with Crippen LogP contribution in [0.3, 0.4) is 0 Å². The van der Waals surface area contributed by atoms with Crippen LogP contribution in [0.25, 0.3) is 0 Å². The number of hydrogen-bond acceptors (Lipinski definition) is 4. The Morgan fingerprint density at radius 2 is 2.00 bits per heavy atom. The molecule has 0 spiro atoms. The maximum absolute atomic E-state index is 11.9. The molecular weight excluding hydrogens is 405 g/mol. The summed E-state index contributed by atoms with van der Waals surface area (Å²) in [6.07, 6.45) is 1.28. The lowest BCUT2D eigenvalue weighted by molar-refractivity contribution is -0.110. The zero-order chi connectivity index (χ0) is 16.6. The van der Waals surface area contributed by atoms with E-state index in [2.05, 4.69) is 31.4 Å². The Bertz CT molecular complexity index is 881. The summed E-state index contributed by atoms with van der Waals surface area (Å²) in [5.74, 6) is -0.498. The van der Waals surface area contributed by atoms with Crippen LogP contribution in [-0.4, -0.2) is 22.9 Å². The molecule has 3 rings (SSSR count). The first-order chi connectivity index (χ1) is 11.0. The monoisotopic (exact) mass is 411 g/mol. The Morgan fingerprint density at radius 3 is 2.78 bits per heavy atom. The summed E-state index contributed by atoms with van der Waals surface area (Å²) in [6, 6.07) is 8.27. The van der Waals surface area contributed by atoms with Gasteiger partial charge in [-0.3, -0.25) is 4.79 Å². The smallest absolute Gasteiger partial charge is 0.276 e. The molecule has 2 aromatic rings. The molecule has 2 N–H and O–H groups in total. The molecular formula is C15H8BrCl2N3O2. The second-order valence-corrected chi connectivity index (χ2v) is 6.42. The van der Waals surface area contributed by atoms with Gasteiger partial charge in [0.15, 0.2) is 5.71 Å². The number of nitrogens with zero attached hydrogens (tertiary/aromatic N) is 2. The number of rotatable bonds is 2. The van der Waals surface area contributed by atoms with Crippen molar-refractivity contribution in [1.82, 2.24) is 0 Å². The molecule has 0 fully saturated rings. The molecule has 23 heavy (non-hydrogen) atoms. The third-order valence-corrected chi connectivity index (χ3v) is 4.11. The second kappa shape index (κ2) is 6.31. The van der Waals surface area contributed by atoms with Gasteiger partial charge < -0.3 is 10.4 Å². The highest BCUT2D eigenvalue weighted by atomic mass is 79.9. The first-order valence-corrected chi connectivity index (χ1v) is 7.91. The molecule has 0 unspecified atom stereocenters. The van der Waals surface area contributed by atoms with Crippen LogP contribution >= 0.6 is 39.1 Å². The summed E-state index contributed by atoms with van der Waals surface area (Å²) in [4.78, 5) is 11.9. The standard InChI is InChI=1S/C15H8BrCl2N3O2/c16-8-1-2-12-10(4-8)13(15(23)20-12)21-19-6-7-3-9(17)5-11(18)14(7)22/h1-6,22H,(H,20,21,23). The predicted octanol–water partition coefficient (Wildman–Crippen LogP) is 4.24. The predicted molar refractivity (Wildman–Crippen MR) is 95.0 cm³/mol. The number of carbonyl (C=O) groups is 1. The van der Waals surface area contributed by atoms with Gasteiger partial charge in [-0.2, -0.15) is 5.10 Å². The fourth-order valence-electron chi connectivity index (χ4n) is 2.06. The minimum Gasteiger partial charge on any atom is -0.506 e. The molecule has 1 amide bonds. The van der Waals surface area contributed by atoms with Crippen LogP contribution in [0.4, 0.5) is 5.69 Å². The first kappa shape index (κ1) is 16.0. The van der Waals surface area contributed by atoms with E-state index in [1.165, 1.54) is 18.3 Å². The van der Waals surface area contributed by atoms with Crippen LogP contribution < -0.4 is 5.32 Å². The van der Waals surface area contributed by atoms with Crippen molar-refractivity contribution in [2.24, 2.45) is 10.2 Å². The van der Waals surface area contributed by atoms with Crippen molar-refractivity contribution >= 4 is 62.7 Å². The zero-order valence-electron chi connectivity index (χ0n) is 11.3. The number of phenols is 1. The molecule has 0 saturated carbocycles. The quantitative estimate of drug-likeness (QED) is 0.571. The summed E-state index contributed by atoms with van der Waals surface area (Å²) in [5, 5.41) is 20.8. The van der Waals surface area contributed by atoms with Crippen molar-refractivity contribution < 1.29 is 9.90 Å². The Hall–Kier alpha value is -1.89. The average Bonchev–Trinajstić information content (AvgIpc) is 2.79. The number of amides is 1. The van der Waals surface area contributed by atoms with Crippen LogP contribution in [0.15, 0.2) is 45.0 Å². The number of anilines is 1. The SMILES string of the molecule is O=C1Nc2ccc(Br)cc2/C1=N/N=Cc1cc(Cl)cc(Cl)c1O. The molecule has 1 heterocycles. The fourth-order valence-corrected chi connectivity index (χ4v) is 2.93.